The van der Waals surface area contributed by atoms with Crippen LogP contribution in [-0.4, -0.2) is 16.9 Å². The Bertz CT molecular complexity index is 481. The van der Waals surface area contributed by atoms with Crippen molar-refractivity contribution < 1.29 is 0 Å². The van der Waals surface area contributed by atoms with Gasteiger partial charge in [-0.3, -0.25) is 4.99 Å². The Balaban J connectivity index is 3.30. The SMILES string of the molecule is CCC1(C)NC(C#N)=C(C#N)NC1=NC(C)(C)C. The maximum Gasteiger partial charge on any atom is 0.153 e. The Morgan fingerprint density at radius 2 is 1.78 bits per heavy atom. The van der Waals surface area contributed by atoms with E-state index >= 15 is 0 Å². The number of hydrogen-bond acceptors (Lipinski definition) is 4. The monoisotopic (exact) mass is 245 g/mol. The normalized spacial score (nSPS) is 26.1. The maximum atomic E-state index is 9.04. The van der Waals surface area contributed by atoms with Gasteiger partial charge in [-0.2, -0.15) is 10.5 Å². The Morgan fingerprint density at radius 1 is 1.22 bits per heavy atom. The Kier molecular flexibility index (Phi) is 3.67. The van der Waals surface area contributed by atoms with Crippen molar-refractivity contribution >= 4 is 5.84 Å². The lowest BCUT2D eigenvalue weighted by atomic mass is 9.93. The van der Waals surface area contributed by atoms with Crippen LogP contribution in [0.1, 0.15) is 41.0 Å². The molecule has 5 nitrogen and oxygen atoms in total. The summed E-state index contributed by atoms with van der Waals surface area (Å²) in [7, 11) is 0. The smallest absolute Gasteiger partial charge is 0.153 e. The lowest BCUT2D eigenvalue weighted by Crippen LogP contribution is -2.58. The molecule has 0 aliphatic carbocycles. The van der Waals surface area contributed by atoms with Crippen LogP contribution in [-0.2, 0) is 0 Å². The third kappa shape index (κ3) is 2.81. The minimum atomic E-state index is -0.446. The van der Waals surface area contributed by atoms with Crippen molar-refractivity contribution in [1.82, 2.24) is 10.6 Å². The molecule has 1 aliphatic rings. The van der Waals surface area contributed by atoms with Crippen LogP contribution in [0.15, 0.2) is 16.4 Å². The van der Waals surface area contributed by atoms with E-state index in [0.717, 1.165) is 6.42 Å². The van der Waals surface area contributed by atoms with E-state index in [-0.39, 0.29) is 16.9 Å². The molecule has 0 aromatic carbocycles. The van der Waals surface area contributed by atoms with Gasteiger partial charge in [-0.05, 0) is 34.1 Å². The molecule has 1 unspecified atom stereocenters. The molecule has 0 amide bonds. The van der Waals surface area contributed by atoms with Crippen LogP contribution in [0.25, 0.3) is 0 Å². The van der Waals surface area contributed by atoms with Gasteiger partial charge in [-0.25, -0.2) is 0 Å². The lowest BCUT2D eigenvalue weighted by molar-refractivity contribution is 0.466. The van der Waals surface area contributed by atoms with Gasteiger partial charge >= 0.3 is 0 Å². The molecule has 0 radical (unpaired) electrons. The molecule has 18 heavy (non-hydrogen) atoms. The summed E-state index contributed by atoms with van der Waals surface area (Å²) >= 11 is 0. The summed E-state index contributed by atoms with van der Waals surface area (Å²) in [6.45, 7) is 9.96. The lowest BCUT2D eigenvalue weighted by Gasteiger charge is -2.37. The number of aliphatic imine (C=N–C) groups is 1. The van der Waals surface area contributed by atoms with Crippen LogP contribution < -0.4 is 10.6 Å². The summed E-state index contributed by atoms with van der Waals surface area (Å²) < 4.78 is 0. The van der Waals surface area contributed by atoms with Crippen LogP contribution in [0.2, 0.25) is 0 Å². The van der Waals surface area contributed by atoms with Crippen molar-refractivity contribution in [1.29, 1.82) is 10.5 Å². The van der Waals surface area contributed by atoms with Crippen molar-refractivity contribution in [3.05, 3.63) is 11.4 Å². The molecule has 0 saturated heterocycles. The summed E-state index contributed by atoms with van der Waals surface area (Å²) in [5.41, 5.74) is -0.190. The highest BCUT2D eigenvalue weighted by molar-refractivity contribution is 5.95. The average molecular weight is 245 g/mol. The fraction of sp³-hybridized carbons (Fsp3) is 0.615. The molecule has 5 heteroatoms. The molecule has 0 spiro atoms. The number of allylic oxidation sites excluding steroid dienone is 2. The number of hydrogen-bond donors (Lipinski definition) is 2. The zero-order chi connectivity index (χ0) is 14.0. The number of nitriles is 2. The molecular formula is C13H19N5. The minimum Gasteiger partial charge on any atom is -0.362 e. The summed E-state index contributed by atoms with van der Waals surface area (Å²) in [5.74, 6) is 0.702. The zero-order valence-corrected chi connectivity index (χ0v) is 11.5. The highest BCUT2D eigenvalue weighted by Crippen LogP contribution is 2.21. The summed E-state index contributed by atoms with van der Waals surface area (Å²) in [6, 6.07) is 3.99. The maximum absolute atomic E-state index is 9.04. The zero-order valence-electron chi connectivity index (χ0n) is 11.5. The first-order valence-corrected chi connectivity index (χ1v) is 5.96. The molecule has 0 bridgehead atoms. The van der Waals surface area contributed by atoms with Crippen LogP contribution in [0.3, 0.4) is 0 Å². The molecule has 96 valence electrons. The van der Waals surface area contributed by atoms with Crippen molar-refractivity contribution in [3.63, 3.8) is 0 Å². The van der Waals surface area contributed by atoms with Gasteiger partial charge in [0.1, 0.15) is 23.7 Å². The van der Waals surface area contributed by atoms with Gasteiger partial charge in [-0.15, -0.1) is 0 Å². The van der Waals surface area contributed by atoms with Crippen molar-refractivity contribution in [3.8, 4) is 12.1 Å². The van der Waals surface area contributed by atoms with E-state index in [0.29, 0.717) is 5.84 Å². The van der Waals surface area contributed by atoms with Crippen LogP contribution in [0.4, 0.5) is 0 Å². The molecule has 2 N–H and O–H groups in total. The van der Waals surface area contributed by atoms with Gasteiger partial charge in [0.05, 0.1) is 11.1 Å². The van der Waals surface area contributed by atoms with Gasteiger partial charge in [-0.1, -0.05) is 6.92 Å². The molecule has 1 atom stereocenters. The number of rotatable bonds is 1. The van der Waals surface area contributed by atoms with Gasteiger partial charge in [0.25, 0.3) is 0 Å². The van der Waals surface area contributed by atoms with Crippen LogP contribution in [0.5, 0.6) is 0 Å². The first-order chi connectivity index (χ1) is 8.25. The highest BCUT2D eigenvalue weighted by Gasteiger charge is 2.36. The Labute approximate surface area is 108 Å². The molecule has 0 fully saturated rings. The van der Waals surface area contributed by atoms with E-state index in [1.807, 2.05) is 46.8 Å². The standard InChI is InChI=1S/C13H19N5/c1-6-13(5)11(18-12(2,3)4)16-9(7-14)10(8-15)17-13/h17H,6H2,1-5H3,(H,16,18). The number of nitrogens with zero attached hydrogens (tertiary/aromatic N) is 3. The van der Waals surface area contributed by atoms with E-state index < -0.39 is 5.54 Å². The van der Waals surface area contributed by atoms with E-state index in [4.69, 9.17) is 10.5 Å². The number of amidine groups is 1. The van der Waals surface area contributed by atoms with E-state index in [1.165, 1.54) is 0 Å². The summed E-state index contributed by atoms with van der Waals surface area (Å²) in [5, 5.41) is 24.2. The van der Waals surface area contributed by atoms with E-state index in [2.05, 4.69) is 15.6 Å². The summed E-state index contributed by atoms with van der Waals surface area (Å²) in [6.07, 6.45) is 0.763. The molecule has 0 aromatic rings. The van der Waals surface area contributed by atoms with Crippen LogP contribution >= 0.6 is 0 Å². The highest BCUT2D eigenvalue weighted by atomic mass is 15.2. The van der Waals surface area contributed by atoms with Crippen molar-refractivity contribution in [2.24, 2.45) is 4.99 Å². The Morgan fingerprint density at radius 3 is 2.17 bits per heavy atom. The van der Waals surface area contributed by atoms with Crippen molar-refractivity contribution in [2.75, 3.05) is 0 Å². The molecular weight excluding hydrogens is 226 g/mol. The minimum absolute atomic E-state index is 0.228. The topological polar surface area (TPSA) is 84.0 Å². The largest absolute Gasteiger partial charge is 0.362 e. The van der Waals surface area contributed by atoms with E-state index in [9.17, 15) is 0 Å². The number of nitrogens with one attached hydrogen (secondary N) is 2. The first kappa shape index (κ1) is 14.1. The van der Waals surface area contributed by atoms with E-state index in [1.54, 1.807) is 0 Å². The first-order valence-electron chi connectivity index (χ1n) is 5.96. The molecule has 1 heterocycles. The van der Waals surface area contributed by atoms with Gasteiger partial charge < -0.3 is 10.6 Å². The summed E-state index contributed by atoms with van der Waals surface area (Å²) in [4.78, 5) is 4.61. The molecule has 1 aliphatic heterocycles. The second-order valence-corrected chi connectivity index (χ2v) is 5.54. The molecule has 1 rings (SSSR count). The average Bonchev–Trinajstić information content (AvgIpc) is 2.29. The van der Waals surface area contributed by atoms with Crippen molar-refractivity contribution in [2.45, 2.75) is 52.1 Å². The predicted octanol–water partition coefficient (Wildman–Crippen LogP) is 1.80. The molecule has 0 aromatic heterocycles. The van der Waals surface area contributed by atoms with Crippen LogP contribution in [0, 0.1) is 22.7 Å². The van der Waals surface area contributed by atoms with Gasteiger partial charge in [0.15, 0.2) is 5.70 Å². The second kappa shape index (κ2) is 4.70. The fourth-order valence-electron chi connectivity index (χ4n) is 1.63. The Hall–Kier alpha value is -2.01. The fourth-order valence-corrected chi connectivity index (χ4v) is 1.63. The van der Waals surface area contributed by atoms with Gasteiger partial charge in [0, 0.05) is 0 Å². The molecule has 0 saturated carbocycles. The quantitative estimate of drug-likeness (QED) is 0.737. The van der Waals surface area contributed by atoms with Gasteiger partial charge in [0.2, 0.25) is 0 Å². The third-order valence-electron chi connectivity index (χ3n) is 2.79. The second-order valence-electron chi connectivity index (χ2n) is 5.54. The predicted molar refractivity (Wildman–Crippen MR) is 70.4 cm³/mol. The third-order valence-corrected chi connectivity index (χ3v) is 2.79.